The number of benzene rings is 3. The highest BCUT2D eigenvalue weighted by atomic mass is 16.6. The summed E-state index contributed by atoms with van der Waals surface area (Å²) in [5.74, 6) is 0.125. The smallest absolute Gasteiger partial charge is 0.412 e. The van der Waals surface area contributed by atoms with Gasteiger partial charge in [0, 0.05) is 18.9 Å². The summed E-state index contributed by atoms with van der Waals surface area (Å²) in [5, 5.41) is 14.3. The van der Waals surface area contributed by atoms with E-state index in [1.807, 2.05) is 6.07 Å². The van der Waals surface area contributed by atoms with Gasteiger partial charge in [-0.3, -0.25) is 10.1 Å². The first-order valence-electron chi connectivity index (χ1n) is 11.2. The largest absolute Gasteiger partial charge is 0.491 e. The van der Waals surface area contributed by atoms with E-state index in [0.717, 1.165) is 0 Å². The van der Waals surface area contributed by atoms with E-state index in [0.29, 0.717) is 28.4 Å². The maximum absolute atomic E-state index is 12.7. The number of carbonyl (C=O) groups is 2. The number of nitrogens with two attached hydrogens (primary N) is 1. The number of nitrogen functional groups attached to an aromatic ring is 1. The first kappa shape index (κ1) is 26.3. The fourth-order valence-electron chi connectivity index (χ4n) is 3.30. The summed E-state index contributed by atoms with van der Waals surface area (Å²) in [7, 11) is 1.45. The summed E-state index contributed by atoms with van der Waals surface area (Å²) < 4.78 is 16.7. The van der Waals surface area contributed by atoms with Crippen molar-refractivity contribution in [1.29, 1.82) is 0 Å². The molecule has 0 fully saturated rings. The topological polar surface area (TPSA) is 132 Å². The monoisotopic (exact) mass is 491 g/mol. The lowest BCUT2D eigenvalue weighted by molar-refractivity contribution is -0.112. The molecule has 2 amide bonds. The van der Waals surface area contributed by atoms with E-state index in [2.05, 4.69) is 10.6 Å². The predicted octanol–water partition coefficient (Wildman–Crippen LogP) is 4.14. The molecule has 0 aromatic heterocycles. The number of nitrogens with one attached hydrogen (secondary N) is 2. The molecule has 188 valence electrons. The Morgan fingerprint density at radius 1 is 0.972 bits per heavy atom. The molecule has 36 heavy (non-hydrogen) atoms. The lowest BCUT2D eigenvalue weighted by atomic mass is 10.0. The van der Waals surface area contributed by atoms with Gasteiger partial charge in [0.25, 0.3) is 0 Å². The number of rotatable bonds is 11. The van der Waals surface area contributed by atoms with Crippen LogP contribution < -0.4 is 21.1 Å². The van der Waals surface area contributed by atoms with E-state index in [1.165, 1.54) is 19.3 Å². The van der Waals surface area contributed by atoms with E-state index < -0.39 is 24.2 Å². The molecule has 0 unspecified atom stereocenters. The number of methoxy groups -OCH3 is 1. The second kappa shape index (κ2) is 13.5. The van der Waals surface area contributed by atoms with Gasteiger partial charge in [0.05, 0.1) is 18.0 Å². The Morgan fingerprint density at radius 3 is 2.33 bits per heavy atom. The van der Waals surface area contributed by atoms with Crippen molar-refractivity contribution in [3.8, 4) is 5.75 Å². The normalized spacial score (nSPS) is 12.5. The quantitative estimate of drug-likeness (QED) is 0.234. The molecule has 5 N–H and O–H groups in total. The van der Waals surface area contributed by atoms with E-state index in [9.17, 15) is 9.59 Å². The van der Waals surface area contributed by atoms with Crippen molar-refractivity contribution >= 4 is 29.1 Å². The molecule has 0 aliphatic heterocycles. The summed E-state index contributed by atoms with van der Waals surface area (Å²) in [6, 6.07) is 22.6. The van der Waals surface area contributed by atoms with Crippen molar-refractivity contribution in [2.75, 3.05) is 36.7 Å². The number of hydrogen-bond acceptors (Lipinski definition) is 7. The van der Waals surface area contributed by atoms with Crippen molar-refractivity contribution in [2.24, 2.45) is 0 Å². The zero-order chi connectivity index (χ0) is 25.8. The second-order valence-electron chi connectivity index (χ2n) is 7.59. The molecule has 3 aromatic rings. The van der Waals surface area contributed by atoms with Crippen LogP contribution in [0.15, 0.2) is 91.0 Å². The van der Waals surface area contributed by atoms with E-state index in [-0.39, 0.29) is 13.2 Å². The maximum atomic E-state index is 12.7. The fourth-order valence-corrected chi connectivity index (χ4v) is 3.30. The molecule has 0 radical (unpaired) electrons. The highest BCUT2D eigenvalue weighted by Gasteiger charge is 2.26. The highest BCUT2D eigenvalue weighted by Crippen LogP contribution is 2.27. The first-order chi connectivity index (χ1) is 17.5. The van der Waals surface area contributed by atoms with Gasteiger partial charge in [-0.2, -0.15) is 0 Å². The standard InChI is InChI=1S/C27H29N3O6/c1-34-24(15-16-25(32)30-23-10-6-5-9-22(23)28)26(19-11-13-21(14-12-19)35-18-17-31)36-27(33)29-20-7-3-2-4-8-20/h2-16,24,26,31H,17-18,28H2,1H3,(H,29,33)(H,30,32)/b16-15+/t24-,26-/m0/s1. The van der Waals surface area contributed by atoms with Gasteiger partial charge in [0.15, 0.2) is 6.10 Å². The van der Waals surface area contributed by atoms with E-state index in [4.69, 9.17) is 25.1 Å². The number of anilines is 3. The number of ether oxygens (including phenoxy) is 3. The summed E-state index contributed by atoms with van der Waals surface area (Å²) in [5.41, 5.74) is 7.98. The zero-order valence-corrected chi connectivity index (χ0v) is 19.8. The van der Waals surface area contributed by atoms with Gasteiger partial charge in [-0.15, -0.1) is 0 Å². The van der Waals surface area contributed by atoms with Crippen molar-refractivity contribution in [3.63, 3.8) is 0 Å². The lowest BCUT2D eigenvalue weighted by Crippen LogP contribution is -2.27. The van der Waals surface area contributed by atoms with Crippen LogP contribution in [0.25, 0.3) is 0 Å². The van der Waals surface area contributed by atoms with Crippen LogP contribution in [0.5, 0.6) is 5.75 Å². The van der Waals surface area contributed by atoms with Gasteiger partial charge in [-0.1, -0.05) is 42.5 Å². The van der Waals surface area contributed by atoms with Gasteiger partial charge in [-0.25, -0.2) is 4.79 Å². The van der Waals surface area contributed by atoms with Gasteiger partial charge < -0.3 is 30.4 Å². The number of hydrogen-bond donors (Lipinski definition) is 4. The van der Waals surface area contributed by atoms with Gasteiger partial charge in [-0.05, 0) is 48.0 Å². The van der Waals surface area contributed by atoms with Gasteiger partial charge in [0.2, 0.25) is 5.91 Å². The van der Waals surface area contributed by atoms with Crippen LogP contribution >= 0.6 is 0 Å². The minimum atomic E-state index is -0.892. The molecule has 0 bridgehead atoms. The van der Waals surface area contributed by atoms with Gasteiger partial charge >= 0.3 is 6.09 Å². The molecule has 0 spiro atoms. The second-order valence-corrected chi connectivity index (χ2v) is 7.59. The van der Waals surface area contributed by atoms with Crippen LogP contribution in [-0.2, 0) is 14.3 Å². The molecular weight excluding hydrogens is 462 g/mol. The Balaban J connectivity index is 1.78. The zero-order valence-electron chi connectivity index (χ0n) is 19.8. The predicted molar refractivity (Wildman–Crippen MR) is 138 cm³/mol. The lowest BCUT2D eigenvalue weighted by Gasteiger charge is -2.24. The van der Waals surface area contributed by atoms with Crippen molar-refractivity contribution in [1.82, 2.24) is 0 Å². The van der Waals surface area contributed by atoms with Gasteiger partial charge in [0.1, 0.15) is 18.5 Å². The Morgan fingerprint density at radius 2 is 1.67 bits per heavy atom. The molecule has 9 nitrogen and oxygen atoms in total. The van der Waals surface area contributed by atoms with Crippen LogP contribution in [0.1, 0.15) is 11.7 Å². The van der Waals surface area contributed by atoms with Crippen molar-refractivity contribution in [2.45, 2.75) is 12.2 Å². The Kier molecular flexibility index (Phi) is 9.87. The molecule has 9 heteroatoms. The molecule has 2 atom stereocenters. The number of aliphatic hydroxyl groups is 1. The number of carbonyl (C=O) groups excluding carboxylic acids is 2. The molecule has 0 saturated carbocycles. The number of amides is 2. The third-order valence-corrected chi connectivity index (χ3v) is 5.05. The number of aliphatic hydroxyl groups excluding tert-OH is 1. The Bertz CT molecular complexity index is 1150. The van der Waals surface area contributed by atoms with Crippen molar-refractivity contribution < 1.29 is 28.9 Å². The van der Waals surface area contributed by atoms with E-state index >= 15 is 0 Å². The minimum absolute atomic E-state index is 0.111. The fraction of sp³-hybridized carbons (Fsp3) is 0.185. The molecule has 0 aliphatic carbocycles. The van der Waals surface area contributed by atoms with E-state index in [1.54, 1.807) is 72.8 Å². The van der Waals surface area contributed by atoms with Crippen LogP contribution in [0.4, 0.5) is 21.9 Å². The third kappa shape index (κ3) is 7.86. The summed E-state index contributed by atoms with van der Waals surface area (Å²) in [6.45, 7) is 0.0453. The Labute approximate surface area is 209 Å². The minimum Gasteiger partial charge on any atom is -0.491 e. The highest BCUT2D eigenvalue weighted by molar-refractivity contribution is 6.01. The molecule has 0 heterocycles. The Hall–Kier alpha value is -4.34. The maximum Gasteiger partial charge on any atom is 0.412 e. The molecular formula is C27H29N3O6. The first-order valence-corrected chi connectivity index (χ1v) is 11.2. The number of para-hydroxylation sites is 3. The van der Waals surface area contributed by atoms with Crippen LogP contribution in [0.2, 0.25) is 0 Å². The molecule has 0 saturated heterocycles. The SMILES string of the molecule is CO[C@@H](/C=C/C(=O)Nc1ccccc1N)[C@@H](OC(=O)Nc1ccccc1)c1ccc(OCCO)cc1. The third-order valence-electron chi connectivity index (χ3n) is 5.05. The summed E-state index contributed by atoms with van der Waals surface area (Å²) in [4.78, 5) is 25.2. The van der Waals surface area contributed by atoms with Crippen LogP contribution in [-0.4, -0.2) is 43.5 Å². The van der Waals surface area contributed by atoms with Crippen LogP contribution in [0, 0.1) is 0 Å². The summed E-state index contributed by atoms with van der Waals surface area (Å²) in [6.07, 6.45) is 0.422. The average molecular weight is 492 g/mol. The molecule has 0 aliphatic rings. The van der Waals surface area contributed by atoms with Crippen molar-refractivity contribution in [3.05, 3.63) is 96.6 Å². The molecule has 3 rings (SSSR count). The summed E-state index contributed by atoms with van der Waals surface area (Å²) >= 11 is 0. The molecule has 3 aromatic carbocycles. The van der Waals surface area contributed by atoms with Crippen LogP contribution in [0.3, 0.4) is 0 Å². The average Bonchev–Trinajstić information content (AvgIpc) is 2.89.